The highest BCUT2D eigenvalue weighted by molar-refractivity contribution is 5.96. The maximum Gasteiger partial charge on any atom is 0.423 e. The Morgan fingerprint density at radius 2 is 1.77 bits per heavy atom. The minimum atomic E-state index is -4.90. The Hall–Kier alpha value is -4.44. The molecule has 0 aliphatic carbocycles. The van der Waals surface area contributed by atoms with Crippen LogP contribution in [0.5, 0.6) is 5.88 Å². The van der Waals surface area contributed by atoms with Crippen LogP contribution in [-0.2, 0) is 17.1 Å². The summed E-state index contributed by atoms with van der Waals surface area (Å²) in [7, 11) is 0. The van der Waals surface area contributed by atoms with Crippen molar-refractivity contribution in [3.05, 3.63) is 58.3 Å². The fourth-order valence-corrected chi connectivity index (χ4v) is 3.66. The van der Waals surface area contributed by atoms with Gasteiger partial charge < -0.3 is 15.0 Å². The van der Waals surface area contributed by atoms with Gasteiger partial charge in [0, 0.05) is 31.5 Å². The normalized spacial score (nSPS) is 15.3. The number of piperazine rings is 1. The van der Waals surface area contributed by atoms with Gasteiger partial charge in [0.1, 0.15) is 24.5 Å². The Balaban J connectivity index is 1.37. The molecule has 3 aromatic rings. The number of carbonyl (C=O) groups is 1. The lowest BCUT2D eigenvalue weighted by Gasteiger charge is -2.33. The molecule has 0 spiro atoms. The van der Waals surface area contributed by atoms with Crippen LogP contribution in [0.15, 0.2) is 41.6 Å². The molecule has 0 aromatic carbocycles. The number of aromatic nitrogens is 5. The summed E-state index contributed by atoms with van der Waals surface area (Å²) in [5.74, 6) is -0.107. The number of aromatic amines is 1. The first-order chi connectivity index (χ1) is 18.3. The lowest BCUT2D eigenvalue weighted by molar-refractivity contribution is -0.139. The molecule has 11 nitrogen and oxygen atoms in total. The summed E-state index contributed by atoms with van der Waals surface area (Å²) in [4.78, 5) is 38.8. The molecule has 4 heterocycles. The Kier molecular flexibility index (Phi) is 7.60. The number of nitrogens with one attached hydrogen (secondary N) is 2. The van der Waals surface area contributed by atoms with Gasteiger partial charge in [-0.3, -0.25) is 14.5 Å². The number of amides is 1. The van der Waals surface area contributed by atoms with Crippen molar-refractivity contribution in [1.29, 1.82) is 0 Å². The van der Waals surface area contributed by atoms with Crippen molar-refractivity contribution in [3.63, 3.8) is 0 Å². The molecule has 17 heteroatoms. The van der Waals surface area contributed by atoms with E-state index in [1.165, 1.54) is 22.8 Å². The average molecular weight is 558 g/mol. The topological polar surface area (TPSA) is 129 Å². The number of carbonyl (C=O) groups excluding carboxylic acids is 1. The van der Waals surface area contributed by atoms with E-state index in [1.807, 2.05) is 0 Å². The smallest absolute Gasteiger partial charge is 0.423 e. The standard InChI is InChI=1S/C22H20F6N8O3/c1-12(32-14-9-31-34-19(38)18(14)22(26,27)28)11-39-16-4-2-3-15(33-16)36-6-5-35(10-17(36)37)20-29-7-13(8-30-20)21(23,24)25/h2-4,7-9,12H,5-6,10-11H2,1H3,(H2,32,34,38). The van der Waals surface area contributed by atoms with Gasteiger partial charge in [0.15, 0.2) is 0 Å². The molecule has 1 atom stereocenters. The second kappa shape index (κ2) is 10.7. The van der Waals surface area contributed by atoms with E-state index in [0.29, 0.717) is 12.4 Å². The molecule has 1 aliphatic rings. The molecule has 0 bridgehead atoms. The third-order valence-corrected chi connectivity index (χ3v) is 5.48. The fourth-order valence-electron chi connectivity index (χ4n) is 3.66. The number of hydrogen-bond acceptors (Lipinski definition) is 9. The SMILES string of the molecule is CC(COc1cccc(N2CCN(c3ncc(C(F)(F)F)cn3)CC2=O)n1)Nc1cn[nH]c(=O)c1C(F)(F)F. The summed E-state index contributed by atoms with van der Waals surface area (Å²) >= 11 is 0. The van der Waals surface area contributed by atoms with E-state index in [9.17, 15) is 35.9 Å². The van der Waals surface area contributed by atoms with Crippen molar-refractivity contribution in [2.45, 2.75) is 25.3 Å². The number of pyridine rings is 1. The van der Waals surface area contributed by atoms with Gasteiger partial charge in [0.2, 0.25) is 17.7 Å². The van der Waals surface area contributed by atoms with Gasteiger partial charge in [0.25, 0.3) is 5.56 Å². The quantitative estimate of drug-likeness (QED) is 0.421. The zero-order valence-electron chi connectivity index (χ0n) is 20.0. The first-order valence-corrected chi connectivity index (χ1v) is 11.3. The summed E-state index contributed by atoms with van der Waals surface area (Å²) in [5.41, 5.74) is -4.31. The van der Waals surface area contributed by atoms with E-state index in [0.717, 1.165) is 6.20 Å². The van der Waals surface area contributed by atoms with Crippen LogP contribution < -0.4 is 25.4 Å². The molecule has 3 aromatic heterocycles. The maximum atomic E-state index is 13.2. The third-order valence-electron chi connectivity index (χ3n) is 5.48. The Bertz CT molecular complexity index is 1380. The average Bonchev–Trinajstić information content (AvgIpc) is 2.86. The number of ether oxygens (including phenoxy) is 1. The molecule has 4 rings (SSSR count). The highest BCUT2D eigenvalue weighted by atomic mass is 19.4. The van der Waals surface area contributed by atoms with Gasteiger partial charge in [-0.1, -0.05) is 6.07 Å². The number of hydrogen-bond donors (Lipinski definition) is 2. The van der Waals surface area contributed by atoms with Crippen LogP contribution in [0.1, 0.15) is 18.1 Å². The van der Waals surface area contributed by atoms with Crippen molar-refractivity contribution < 1.29 is 35.9 Å². The first kappa shape index (κ1) is 27.6. The molecule has 1 amide bonds. The number of rotatable bonds is 7. The molecule has 208 valence electrons. The van der Waals surface area contributed by atoms with Crippen molar-refractivity contribution >= 4 is 23.4 Å². The lowest BCUT2D eigenvalue weighted by atomic mass is 10.2. The van der Waals surface area contributed by atoms with Gasteiger partial charge in [-0.05, 0) is 13.0 Å². The van der Waals surface area contributed by atoms with Crippen LogP contribution in [-0.4, -0.2) is 63.3 Å². The zero-order valence-corrected chi connectivity index (χ0v) is 20.0. The van der Waals surface area contributed by atoms with E-state index in [4.69, 9.17) is 4.74 Å². The Labute approximate surface area is 215 Å². The van der Waals surface area contributed by atoms with Crippen molar-refractivity contribution in [3.8, 4) is 5.88 Å². The number of anilines is 3. The molecule has 0 saturated carbocycles. The van der Waals surface area contributed by atoms with Gasteiger partial charge in [-0.2, -0.15) is 36.4 Å². The van der Waals surface area contributed by atoms with Crippen LogP contribution in [0.2, 0.25) is 0 Å². The molecular formula is C22H20F6N8O3. The molecule has 1 saturated heterocycles. The summed E-state index contributed by atoms with van der Waals surface area (Å²) in [6.07, 6.45) is -7.34. The molecule has 0 radical (unpaired) electrons. The lowest BCUT2D eigenvalue weighted by Crippen LogP contribution is -2.51. The second-order valence-electron chi connectivity index (χ2n) is 8.41. The summed E-state index contributed by atoms with van der Waals surface area (Å²) < 4.78 is 83.5. The molecule has 1 aliphatic heterocycles. The van der Waals surface area contributed by atoms with E-state index in [2.05, 4.69) is 25.4 Å². The van der Waals surface area contributed by atoms with Gasteiger partial charge in [-0.15, -0.1) is 0 Å². The Morgan fingerprint density at radius 1 is 1.05 bits per heavy atom. The zero-order chi connectivity index (χ0) is 28.4. The molecule has 1 fully saturated rings. The first-order valence-electron chi connectivity index (χ1n) is 11.3. The molecule has 39 heavy (non-hydrogen) atoms. The monoisotopic (exact) mass is 558 g/mol. The second-order valence-corrected chi connectivity index (χ2v) is 8.41. The number of alkyl halides is 6. The third kappa shape index (κ3) is 6.53. The predicted molar refractivity (Wildman–Crippen MR) is 124 cm³/mol. The minimum Gasteiger partial charge on any atom is -0.475 e. The van der Waals surface area contributed by atoms with Crippen molar-refractivity contribution in [1.82, 2.24) is 25.1 Å². The summed E-state index contributed by atoms with van der Waals surface area (Å²) in [6, 6.07) is 3.91. The molecule has 2 N–H and O–H groups in total. The van der Waals surface area contributed by atoms with Gasteiger partial charge in [-0.25, -0.2) is 15.1 Å². The van der Waals surface area contributed by atoms with Crippen LogP contribution in [0.4, 0.5) is 43.8 Å². The summed E-state index contributed by atoms with van der Waals surface area (Å²) in [5, 5.41) is 7.69. The Morgan fingerprint density at radius 3 is 2.41 bits per heavy atom. The van der Waals surface area contributed by atoms with Crippen LogP contribution in [0.25, 0.3) is 0 Å². The van der Waals surface area contributed by atoms with Gasteiger partial charge in [0.05, 0.1) is 23.5 Å². The van der Waals surface area contributed by atoms with Crippen LogP contribution in [0.3, 0.4) is 0 Å². The van der Waals surface area contributed by atoms with E-state index < -0.39 is 46.7 Å². The van der Waals surface area contributed by atoms with Crippen molar-refractivity contribution in [2.24, 2.45) is 0 Å². The number of H-pyrrole nitrogens is 1. The molecule has 1 unspecified atom stereocenters. The molecular weight excluding hydrogens is 538 g/mol. The largest absolute Gasteiger partial charge is 0.475 e. The van der Waals surface area contributed by atoms with E-state index >= 15 is 0 Å². The van der Waals surface area contributed by atoms with E-state index in [1.54, 1.807) is 17.2 Å². The van der Waals surface area contributed by atoms with Crippen LogP contribution >= 0.6 is 0 Å². The summed E-state index contributed by atoms with van der Waals surface area (Å²) in [6.45, 7) is 1.53. The number of nitrogens with zero attached hydrogens (tertiary/aromatic N) is 6. The predicted octanol–water partition coefficient (Wildman–Crippen LogP) is 2.73. The maximum absolute atomic E-state index is 13.2. The minimum absolute atomic E-state index is 0.0215. The van der Waals surface area contributed by atoms with Gasteiger partial charge >= 0.3 is 12.4 Å². The van der Waals surface area contributed by atoms with E-state index in [-0.39, 0.29) is 43.9 Å². The van der Waals surface area contributed by atoms with Crippen LogP contribution in [0, 0.1) is 0 Å². The fraction of sp³-hybridized carbons (Fsp3) is 0.364. The highest BCUT2D eigenvalue weighted by Crippen LogP contribution is 2.32. The highest BCUT2D eigenvalue weighted by Gasteiger charge is 2.37. The van der Waals surface area contributed by atoms with Crippen molar-refractivity contribution in [2.75, 3.05) is 41.4 Å². The number of halogens is 6.